The van der Waals surface area contributed by atoms with E-state index < -0.39 is 23.3 Å². The van der Waals surface area contributed by atoms with Gasteiger partial charge in [0.1, 0.15) is 11.6 Å². The molecular weight excluding hydrogens is 356 g/mol. The Labute approximate surface area is 156 Å². The smallest absolute Gasteiger partial charge is 0.194 e. The molecule has 1 saturated carbocycles. The highest BCUT2D eigenvalue weighted by Gasteiger charge is 2.31. The third kappa shape index (κ3) is 3.56. The van der Waals surface area contributed by atoms with Crippen LogP contribution >= 0.6 is 0 Å². The maximum absolute atomic E-state index is 14.7. The highest BCUT2D eigenvalue weighted by Crippen LogP contribution is 2.40. The van der Waals surface area contributed by atoms with Crippen molar-refractivity contribution in [1.29, 1.82) is 0 Å². The van der Waals surface area contributed by atoms with Gasteiger partial charge in [0.25, 0.3) is 0 Å². The lowest BCUT2D eigenvalue weighted by Crippen LogP contribution is -2.30. The lowest BCUT2D eigenvalue weighted by atomic mass is 9.74. The monoisotopic (exact) mass is 378 g/mol. The van der Waals surface area contributed by atoms with Crippen LogP contribution in [0, 0.1) is 41.0 Å². The van der Waals surface area contributed by atoms with Gasteiger partial charge in [0.2, 0.25) is 0 Å². The van der Waals surface area contributed by atoms with Gasteiger partial charge in [-0.2, -0.15) is 0 Å². The van der Waals surface area contributed by atoms with Crippen molar-refractivity contribution in [1.82, 2.24) is 0 Å². The Morgan fingerprint density at radius 2 is 1.48 bits per heavy atom. The standard InChI is InChI=1S/C22H22F4O/c1-12-2-4-13(5-3-12)16-6-15-9-18(23)17(10-21(15)27-11-16)14-7-19(24)22(26)20(25)8-14/h7-10,12-13,16H,2-6,11H2,1H3. The van der Waals surface area contributed by atoms with Crippen molar-refractivity contribution in [2.24, 2.45) is 17.8 Å². The van der Waals surface area contributed by atoms with Gasteiger partial charge < -0.3 is 4.74 Å². The SMILES string of the molecule is CC1CCC(C2COc3cc(-c4cc(F)c(F)c(F)c4)c(F)cc3C2)CC1. The van der Waals surface area contributed by atoms with Crippen LogP contribution in [-0.4, -0.2) is 6.61 Å². The second-order valence-corrected chi connectivity index (χ2v) is 7.99. The molecule has 4 rings (SSSR count). The molecule has 1 unspecified atom stereocenters. The zero-order valence-corrected chi connectivity index (χ0v) is 15.2. The molecule has 0 N–H and O–H groups in total. The molecule has 1 nitrogen and oxygen atoms in total. The molecule has 1 aliphatic heterocycles. The van der Waals surface area contributed by atoms with Crippen LogP contribution in [-0.2, 0) is 6.42 Å². The van der Waals surface area contributed by atoms with Gasteiger partial charge in [-0.3, -0.25) is 0 Å². The van der Waals surface area contributed by atoms with Gasteiger partial charge in [0, 0.05) is 5.56 Å². The second-order valence-electron chi connectivity index (χ2n) is 7.99. The van der Waals surface area contributed by atoms with E-state index in [9.17, 15) is 17.6 Å². The van der Waals surface area contributed by atoms with Crippen molar-refractivity contribution in [3.8, 4) is 16.9 Å². The Hall–Kier alpha value is -2.04. The van der Waals surface area contributed by atoms with Crippen LogP contribution in [0.1, 0.15) is 38.2 Å². The van der Waals surface area contributed by atoms with Crippen molar-refractivity contribution in [3.05, 3.63) is 53.1 Å². The fourth-order valence-corrected chi connectivity index (χ4v) is 4.42. The summed E-state index contributed by atoms with van der Waals surface area (Å²) in [6, 6.07) is 4.47. The first-order valence-electron chi connectivity index (χ1n) is 9.52. The zero-order valence-electron chi connectivity index (χ0n) is 15.2. The van der Waals surface area contributed by atoms with Crippen molar-refractivity contribution >= 4 is 0 Å². The highest BCUT2D eigenvalue weighted by molar-refractivity contribution is 5.67. The molecule has 5 heteroatoms. The first-order valence-corrected chi connectivity index (χ1v) is 9.52. The molecule has 1 fully saturated rings. The molecular formula is C22H22F4O. The van der Waals surface area contributed by atoms with Crippen LogP contribution in [0.25, 0.3) is 11.1 Å². The summed E-state index contributed by atoms with van der Waals surface area (Å²) < 4.78 is 60.7. The van der Waals surface area contributed by atoms with E-state index >= 15 is 0 Å². The number of ether oxygens (including phenoxy) is 1. The van der Waals surface area contributed by atoms with Crippen molar-refractivity contribution < 1.29 is 22.3 Å². The molecule has 2 aromatic rings. The molecule has 0 saturated heterocycles. The molecule has 0 bridgehead atoms. The minimum absolute atomic E-state index is 0.0106. The summed E-state index contributed by atoms with van der Waals surface area (Å²) in [5, 5.41) is 0. The summed E-state index contributed by atoms with van der Waals surface area (Å²) in [4.78, 5) is 0. The molecule has 1 atom stereocenters. The van der Waals surface area contributed by atoms with E-state index in [1.54, 1.807) is 0 Å². The number of rotatable bonds is 2. The summed E-state index contributed by atoms with van der Waals surface area (Å²) in [6.45, 7) is 2.85. The van der Waals surface area contributed by atoms with E-state index in [1.165, 1.54) is 37.8 Å². The second kappa shape index (κ2) is 7.17. The fraction of sp³-hybridized carbons (Fsp3) is 0.455. The van der Waals surface area contributed by atoms with Gasteiger partial charge in [-0.25, -0.2) is 17.6 Å². The average molecular weight is 378 g/mol. The molecule has 0 spiro atoms. The van der Waals surface area contributed by atoms with Crippen LogP contribution in [0.5, 0.6) is 5.75 Å². The van der Waals surface area contributed by atoms with E-state index in [0.717, 1.165) is 30.0 Å². The predicted octanol–water partition coefficient (Wildman–Crippen LogP) is 6.29. The summed E-state index contributed by atoms with van der Waals surface area (Å²) in [7, 11) is 0. The van der Waals surface area contributed by atoms with E-state index in [1.807, 2.05) is 0 Å². The molecule has 0 amide bonds. The summed E-state index contributed by atoms with van der Waals surface area (Å²) in [6.07, 6.45) is 5.56. The van der Waals surface area contributed by atoms with Crippen LogP contribution in [0.15, 0.2) is 24.3 Å². The lowest BCUT2D eigenvalue weighted by molar-refractivity contribution is 0.131. The zero-order chi connectivity index (χ0) is 19.1. The van der Waals surface area contributed by atoms with Crippen LogP contribution in [0.4, 0.5) is 17.6 Å². The normalized spacial score (nSPS) is 25.0. The lowest BCUT2D eigenvalue weighted by Gasteiger charge is -2.35. The number of benzene rings is 2. The fourth-order valence-electron chi connectivity index (χ4n) is 4.42. The quantitative estimate of drug-likeness (QED) is 0.441. The minimum Gasteiger partial charge on any atom is -0.493 e. The van der Waals surface area contributed by atoms with E-state index in [0.29, 0.717) is 24.2 Å². The van der Waals surface area contributed by atoms with Crippen LogP contribution < -0.4 is 4.74 Å². The van der Waals surface area contributed by atoms with Gasteiger partial charge >= 0.3 is 0 Å². The molecule has 0 aromatic heterocycles. The molecule has 2 aliphatic rings. The Balaban J connectivity index is 1.60. The summed E-state index contributed by atoms with van der Waals surface area (Å²) in [5.74, 6) is -2.54. The topological polar surface area (TPSA) is 9.23 Å². The number of fused-ring (bicyclic) bond motifs is 1. The Kier molecular flexibility index (Phi) is 4.87. The van der Waals surface area contributed by atoms with Gasteiger partial charge in [-0.15, -0.1) is 0 Å². The van der Waals surface area contributed by atoms with E-state index in [4.69, 9.17) is 4.74 Å². The Morgan fingerprint density at radius 3 is 2.15 bits per heavy atom. The van der Waals surface area contributed by atoms with Crippen molar-refractivity contribution in [3.63, 3.8) is 0 Å². The van der Waals surface area contributed by atoms with Crippen molar-refractivity contribution in [2.75, 3.05) is 6.61 Å². The molecule has 144 valence electrons. The molecule has 1 aliphatic carbocycles. The summed E-state index contributed by atoms with van der Waals surface area (Å²) >= 11 is 0. The van der Waals surface area contributed by atoms with Gasteiger partial charge in [-0.05, 0) is 72.4 Å². The molecule has 0 radical (unpaired) electrons. The number of hydrogen-bond acceptors (Lipinski definition) is 1. The first kappa shape index (κ1) is 18.3. The summed E-state index contributed by atoms with van der Waals surface area (Å²) in [5.41, 5.74) is 0.754. The first-order chi connectivity index (χ1) is 12.9. The number of halogens is 4. The third-order valence-corrected chi connectivity index (χ3v) is 6.11. The Bertz CT molecular complexity index is 833. The number of hydrogen-bond donors (Lipinski definition) is 0. The van der Waals surface area contributed by atoms with Crippen LogP contribution in [0.3, 0.4) is 0 Å². The van der Waals surface area contributed by atoms with Gasteiger partial charge in [-0.1, -0.05) is 19.8 Å². The molecule has 1 heterocycles. The highest BCUT2D eigenvalue weighted by atomic mass is 19.2. The van der Waals surface area contributed by atoms with Crippen molar-refractivity contribution in [2.45, 2.75) is 39.0 Å². The largest absolute Gasteiger partial charge is 0.493 e. The minimum atomic E-state index is -1.56. The maximum atomic E-state index is 14.7. The molecule has 2 aromatic carbocycles. The molecule has 27 heavy (non-hydrogen) atoms. The van der Waals surface area contributed by atoms with Crippen LogP contribution in [0.2, 0.25) is 0 Å². The van der Waals surface area contributed by atoms with Gasteiger partial charge in [0.15, 0.2) is 17.5 Å². The van der Waals surface area contributed by atoms with E-state index in [-0.39, 0.29) is 11.1 Å². The predicted molar refractivity (Wildman–Crippen MR) is 95.5 cm³/mol. The maximum Gasteiger partial charge on any atom is 0.194 e. The third-order valence-electron chi connectivity index (χ3n) is 6.11. The van der Waals surface area contributed by atoms with Gasteiger partial charge in [0.05, 0.1) is 6.61 Å². The Morgan fingerprint density at radius 1 is 0.815 bits per heavy atom. The average Bonchev–Trinajstić information content (AvgIpc) is 2.65. The van der Waals surface area contributed by atoms with E-state index in [2.05, 4.69) is 6.92 Å².